The molecule has 17 heavy (non-hydrogen) atoms. The van der Waals surface area contributed by atoms with Crippen molar-refractivity contribution in [3.05, 3.63) is 0 Å². The Bertz CT molecular complexity index is 134. The standard InChI is InChI=1S/C14H33N3/c1-5-9-13(15-11-7-3)17-14(10-6-2)16-12-8-4/h13-17H,5-12H2,1-4H3. The van der Waals surface area contributed by atoms with Crippen molar-refractivity contribution in [3.63, 3.8) is 0 Å². The van der Waals surface area contributed by atoms with Gasteiger partial charge in [-0.25, -0.2) is 0 Å². The summed E-state index contributed by atoms with van der Waals surface area (Å²) in [6.45, 7) is 11.1. The maximum Gasteiger partial charge on any atom is 0.0583 e. The molecule has 0 fully saturated rings. The maximum absolute atomic E-state index is 3.70. The maximum atomic E-state index is 3.70. The van der Waals surface area contributed by atoms with Gasteiger partial charge in [-0.15, -0.1) is 0 Å². The lowest BCUT2D eigenvalue weighted by atomic mass is 10.2. The average Bonchev–Trinajstić information content (AvgIpc) is 2.33. The van der Waals surface area contributed by atoms with E-state index in [0.717, 1.165) is 13.1 Å². The number of nitrogens with one attached hydrogen (secondary N) is 3. The summed E-state index contributed by atoms with van der Waals surface area (Å²) in [5.74, 6) is 0. The molecule has 0 amide bonds. The van der Waals surface area contributed by atoms with Gasteiger partial charge in [0.25, 0.3) is 0 Å². The van der Waals surface area contributed by atoms with Crippen LogP contribution >= 0.6 is 0 Å². The summed E-state index contributed by atoms with van der Waals surface area (Å²) in [4.78, 5) is 0. The molecule has 0 aromatic rings. The van der Waals surface area contributed by atoms with Crippen molar-refractivity contribution in [2.75, 3.05) is 13.1 Å². The van der Waals surface area contributed by atoms with Crippen LogP contribution in [0.5, 0.6) is 0 Å². The van der Waals surface area contributed by atoms with Crippen LogP contribution in [0, 0.1) is 0 Å². The largest absolute Gasteiger partial charge is 0.302 e. The van der Waals surface area contributed by atoms with Gasteiger partial charge in [0.05, 0.1) is 12.3 Å². The fourth-order valence-corrected chi connectivity index (χ4v) is 1.95. The first kappa shape index (κ1) is 16.9. The van der Waals surface area contributed by atoms with E-state index >= 15 is 0 Å². The molecule has 0 aliphatic heterocycles. The lowest BCUT2D eigenvalue weighted by Gasteiger charge is -2.27. The molecular formula is C14H33N3. The van der Waals surface area contributed by atoms with E-state index in [1.54, 1.807) is 0 Å². The first-order valence-corrected chi connectivity index (χ1v) is 7.51. The van der Waals surface area contributed by atoms with E-state index in [9.17, 15) is 0 Å². The molecule has 0 spiro atoms. The molecule has 0 bridgehead atoms. The van der Waals surface area contributed by atoms with Gasteiger partial charge in [0.1, 0.15) is 0 Å². The van der Waals surface area contributed by atoms with E-state index in [1.807, 2.05) is 0 Å². The molecule has 0 aliphatic rings. The average molecular weight is 243 g/mol. The van der Waals surface area contributed by atoms with Crippen molar-refractivity contribution in [3.8, 4) is 0 Å². The highest BCUT2D eigenvalue weighted by molar-refractivity contribution is 4.71. The predicted octanol–water partition coefficient (Wildman–Crippen LogP) is 2.83. The molecule has 0 aliphatic carbocycles. The molecule has 0 saturated carbocycles. The molecule has 3 nitrogen and oxygen atoms in total. The van der Waals surface area contributed by atoms with Crippen molar-refractivity contribution in [1.82, 2.24) is 16.0 Å². The van der Waals surface area contributed by atoms with Gasteiger partial charge in [0.2, 0.25) is 0 Å². The van der Waals surface area contributed by atoms with Crippen LogP contribution in [0.4, 0.5) is 0 Å². The first-order valence-electron chi connectivity index (χ1n) is 7.51. The molecule has 0 rings (SSSR count). The Hall–Kier alpha value is -0.120. The monoisotopic (exact) mass is 243 g/mol. The third-order valence-corrected chi connectivity index (χ3v) is 2.84. The van der Waals surface area contributed by atoms with Crippen molar-refractivity contribution < 1.29 is 0 Å². The van der Waals surface area contributed by atoms with E-state index in [4.69, 9.17) is 0 Å². The van der Waals surface area contributed by atoms with Crippen LogP contribution in [0.25, 0.3) is 0 Å². The molecule has 0 aromatic heterocycles. The van der Waals surface area contributed by atoms with Gasteiger partial charge in [-0.1, -0.05) is 40.5 Å². The fraction of sp³-hybridized carbons (Fsp3) is 1.00. The van der Waals surface area contributed by atoms with Crippen molar-refractivity contribution in [2.45, 2.75) is 78.6 Å². The van der Waals surface area contributed by atoms with Gasteiger partial charge >= 0.3 is 0 Å². The quantitative estimate of drug-likeness (QED) is 0.461. The summed E-state index contributed by atoms with van der Waals surface area (Å²) < 4.78 is 0. The number of hydrogen-bond acceptors (Lipinski definition) is 3. The highest BCUT2D eigenvalue weighted by Crippen LogP contribution is 1.99. The Kier molecular flexibility index (Phi) is 12.3. The lowest BCUT2D eigenvalue weighted by molar-refractivity contribution is 0.303. The van der Waals surface area contributed by atoms with E-state index in [-0.39, 0.29) is 0 Å². The minimum absolute atomic E-state index is 0.459. The van der Waals surface area contributed by atoms with Crippen LogP contribution in [0.15, 0.2) is 0 Å². The van der Waals surface area contributed by atoms with Crippen molar-refractivity contribution in [2.24, 2.45) is 0 Å². The number of rotatable bonds is 12. The minimum atomic E-state index is 0.459. The van der Waals surface area contributed by atoms with Gasteiger partial charge in [-0.2, -0.15) is 0 Å². The van der Waals surface area contributed by atoms with E-state index in [2.05, 4.69) is 43.6 Å². The minimum Gasteiger partial charge on any atom is -0.302 e. The van der Waals surface area contributed by atoms with Gasteiger partial charge in [0.15, 0.2) is 0 Å². The summed E-state index contributed by atoms with van der Waals surface area (Å²) in [6, 6.07) is 0. The Balaban J connectivity index is 4.02. The zero-order chi connectivity index (χ0) is 12.9. The summed E-state index contributed by atoms with van der Waals surface area (Å²) in [5, 5.41) is 10.9. The third kappa shape index (κ3) is 9.57. The second kappa shape index (κ2) is 12.3. The van der Waals surface area contributed by atoms with Crippen LogP contribution in [-0.4, -0.2) is 25.4 Å². The van der Waals surface area contributed by atoms with Crippen LogP contribution in [0.3, 0.4) is 0 Å². The summed E-state index contributed by atoms with van der Waals surface area (Å²) in [5.41, 5.74) is 0. The molecule has 3 N–H and O–H groups in total. The highest BCUT2D eigenvalue weighted by Gasteiger charge is 2.12. The summed E-state index contributed by atoms with van der Waals surface area (Å²) in [7, 11) is 0. The summed E-state index contributed by atoms with van der Waals surface area (Å²) in [6.07, 6.45) is 8.16. The lowest BCUT2D eigenvalue weighted by Crippen LogP contribution is -2.53. The van der Waals surface area contributed by atoms with Gasteiger partial charge < -0.3 is 10.6 Å². The van der Waals surface area contributed by atoms with E-state index in [0.29, 0.717) is 12.3 Å². The predicted molar refractivity (Wildman–Crippen MR) is 77.1 cm³/mol. The second-order valence-corrected chi connectivity index (χ2v) is 4.76. The molecule has 3 heteroatoms. The van der Waals surface area contributed by atoms with Crippen LogP contribution in [0.2, 0.25) is 0 Å². The Labute approximate surface area is 108 Å². The molecule has 0 aromatic carbocycles. The van der Waals surface area contributed by atoms with Crippen LogP contribution < -0.4 is 16.0 Å². The summed E-state index contributed by atoms with van der Waals surface area (Å²) >= 11 is 0. The molecule has 0 heterocycles. The molecular weight excluding hydrogens is 210 g/mol. The van der Waals surface area contributed by atoms with Gasteiger partial charge in [-0.3, -0.25) is 5.32 Å². The molecule has 2 unspecified atom stereocenters. The smallest absolute Gasteiger partial charge is 0.0583 e. The Morgan fingerprint density at radius 2 is 1.06 bits per heavy atom. The van der Waals surface area contributed by atoms with Gasteiger partial charge in [0, 0.05) is 0 Å². The first-order chi connectivity index (χ1) is 8.28. The topological polar surface area (TPSA) is 36.1 Å². The fourth-order valence-electron chi connectivity index (χ4n) is 1.95. The second-order valence-electron chi connectivity index (χ2n) is 4.76. The normalized spacial score (nSPS) is 14.8. The Morgan fingerprint density at radius 1 is 0.647 bits per heavy atom. The van der Waals surface area contributed by atoms with Crippen molar-refractivity contribution in [1.29, 1.82) is 0 Å². The molecule has 2 atom stereocenters. The number of hydrogen-bond donors (Lipinski definition) is 3. The third-order valence-electron chi connectivity index (χ3n) is 2.84. The van der Waals surface area contributed by atoms with Crippen molar-refractivity contribution >= 4 is 0 Å². The van der Waals surface area contributed by atoms with E-state index in [1.165, 1.54) is 38.5 Å². The Morgan fingerprint density at radius 3 is 1.35 bits per heavy atom. The molecule has 0 saturated heterocycles. The molecule has 104 valence electrons. The molecule has 0 radical (unpaired) electrons. The zero-order valence-electron chi connectivity index (χ0n) is 12.3. The van der Waals surface area contributed by atoms with Gasteiger partial charge in [-0.05, 0) is 38.8 Å². The van der Waals surface area contributed by atoms with Crippen LogP contribution in [-0.2, 0) is 0 Å². The SMILES string of the molecule is CCCNC(CCC)NC(CCC)NCCC. The van der Waals surface area contributed by atoms with E-state index < -0.39 is 0 Å². The van der Waals surface area contributed by atoms with Crippen LogP contribution in [0.1, 0.15) is 66.2 Å². The zero-order valence-corrected chi connectivity index (χ0v) is 12.3. The highest BCUT2D eigenvalue weighted by atomic mass is 15.2.